The lowest BCUT2D eigenvalue weighted by molar-refractivity contribution is 0.0938. The zero-order valence-electron chi connectivity index (χ0n) is 11.4. The van der Waals surface area contributed by atoms with Crippen molar-refractivity contribution in [2.75, 3.05) is 0 Å². The van der Waals surface area contributed by atoms with Gasteiger partial charge in [0.05, 0.1) is 0 Å². The van der Waals surface area contributed by atoms with Gasteiger partial charge in [-0.1, -0.05) is 49.2 Å². The van der Waals surface area contributed by atoms with Crippen LogP contribution in [0.4, 0.5) is 0 Å². The van der Waals surface area contributed by atoms with Crippen LogP contribution < -0.4 is 0 Å². The van der Waals surface area contributed by atoms with E-state index in [1.807, 2.05) is 38.1 Å². The van der Waals surface area contributed by atoms with Crippen molar-refractivity contribution in [1.29, 1.82) is 0 Å². The molecule has 104 valence electrons. The summed E-state index contributed by atoms with van der Waals surface area (Å²) in [6.45, 7) is 4.10. The van der Waals surface area contributed by atoms with Crippen molar-refractivity contribution < 1.29 is 4.79 Å². The Bertz CT molecular complexity index is 585. The smallest absolute Gasteiger partial charge is 0.170 e. The van der Waals surface area contributed by atoms with Crippen LogP contribution in [0.2, 0.25) is 10.0 Å². The number of carbonyl (C=O) groups excluding carboxylic acids is 1. The molecule has 0 spiro atoms. The first-order chi connectivity index (χ1) is 9.49. The van der Waals surface area contributed by atoms with Gasteiger partial charge in [0, 0.05) is 21.5 Å². The maximum Gasteiger partial charge on any atom is 0.170 e. The fraction of sp³-hybridized carbons (Fsp3) is 0.235. The van der Waals surface area contributed by atoms with Gasteiger partial charge in [-0.15, -0.1) is 0 Å². The predicted octanol–water partition coefficient (Wildman–Crippen LogP) is 5.62. The van der Waals surface area contributed by atoms with Crippen LogP contribution in [0.5, 0.6) is 0 Å². The number of hydrogen-bond donors (Lipinski definition) is 0. The lowest BCUT2D eigenvalue weighted by Gasteiger charge is -2.20. The second-order valence-electron chi connectivity index (χ2n) is 5.14. The topological polar surface area (TPSA) is 17.1 Å². The van der Waals surface area contributed by atoms with Gasteiger partial charge in [-0.2, -0.15) is 0 Å². The average Bonchev–Trinajstić information content (AvgIpc) is 2.41. The highest BCUT2D eigenvalue weighted by atomic mass is 35.5. The van der Waals surface area contributed by atoms with Gasteiger partial charge in [0.1, 0.15) is 0 Å². The quantitative estimate of drug-likeness (QED) is 0.670. The minimum absolute atomic E-state index is 0.110. The van der Waals surface area contributed by atoms with Gasteiger partial charge >= 0.3 is 0 Å². The zero-order chi connectivity index (χ0) is 14.7. The van der Waals surface area contributed by atoms with Crippen LogP contribution in [0.1, 0.15) is 35.7 Å². The van der Waals surface area contributed by atoms with Crippen LogP contribution >= 0.6 is 23.2 Å². The summed E-state index contributed by atoms with van der Waals surface area (Å²) in [6, 6.07) is 14.5. The zero-order valence-corrected chi connectivity index (χ0v) is 12.9. The van der Waals surface area contributed by atoms with Crippen LogP contribution in [0, 0.1) is 5.92 Å². The summed E-state index contributed by atoms with van der Waals surface area (Å²) < 4.78 is 0. The van der Waals surface area contributed by atoms with Gasteiger partial charge in [0.25, 0.3) is 0 Å². The lowest BCUT2D eigenvalue weighted by Crippen LogP contribution is -2.18. The number of benzene rings is 2. The molecule has 2 rings (SSSR count). The summed E-state index contributed by atoms with van der Waals surface area (Å²) >= 11 is 11.8. The van der Waals surface area contributed by atoms with E-state index in [0.29, 0.717) is 15.6 Å². The highest BCUT2D eigenvalue weighted by Crippen LogP contribution is 2.29. The Kier molecular flexibility index (Phi) is 4.85. The molecule has 0 fully saturated rings. The summed E-state index contributed by atoms with van der Waals surface area (Å²) in [5.74, 6) is 0.145. The first-order valence-corrected chi connectivity index (χ1v) is 7.30. The van der Waals surface area contributed by atoms with Crippen molar-refractivity contribution >= 4 is 29.0 Å². The van der Waals surface area contributed by atoms with E-state index in [1.54, 1.807) is 24.3 Å². The third-order valence-electron chi connectivity index (χ3n) is 3.31. The molecule has 0 aromatic heterocycles. The van der Waals surface area contributed by atoms with Gasteiger partial charge in [-0.25, -0.2) is 0 Å². The van der Waals surface area contributed by atoms with Gasteiger partial charge in [-0.05, 0) is 47.9 Å². The molecule has 0 radical (unpaired) electrons. The number of ketones is 1. The van der Waals surface area contributed by atoms with Gasteiger partial charge in [0.15, 0.2) is 5.78 Å². The Hall–Kier alpha value is -1.31. The maximum atomic E-state index is 12.7. The fourth-order valence-corrected chi connectivity index (χ4v) is 2.55. The SMILES string of the molecule is CC(C)C(C(=O)c1ccc(Cl)cc1)c1ccc(Cl)cc1. The number of rotatable bonds is 4. The van der Waals surface area contributed by atoms with E-state index in [9.17, 15) is 4.79 Å². The van der Waals surface area contributed by atoms with Crippen molar-refractivity contribution in [3.05, 3.63) is 69.7 Å². The second-order valence-corrected chi connectivity index (χ2v) is 6.02. The van der Waals surface area contributed by atoms with Crippen molar-refractivity contribution in [3.63, 3.8) is 0 Å². The molecule has 0 aliphatic heterocycles. The van der Waals surface area contributed by atoms with E-state index in [2.05, 4.69) is 0 Å². The van der Waals surface area contributed by atoms with E-state index < -0.39 is 0 Å². The third kappa shape index (κ3) is 3.41. The Morgan fingerprint density at radius 3 is 1.75 bits per heavy atom. The average molecular weight is 307 g/mol. The summed E-state index contributed by atoms with van der Waals surface area (Å²) in [6.07, 6.45) is 0. The van der Waals surface area contributed by atoms with Crippen molar-refractivity contribution in [1.82, 2.24) is 0 Å². The van der Waals surface area contributed by atoms with E-state index in [-0.39, 0.29) is 17.6 Å². The van der Waals surface area contributed by atoms with Crippen molar-refractivity contribution in [3.8, 4) is 0 Å². The van der Waals surface area contributed by atoms with E-state index >= 15 is 0 Å². The molecule has 1 atom stereocenters. The first kappa shape index (κ1) is 15.1. The Labute approximate surface area is 129 Å². The molecule has 0 heterocycles. The number of hydrogen-bond acceptors (Lipinski definition) is 1. The van der Waals surface area contributed by atoms with Crippen molar-refractivity contribution in [2.45, 2.75) is 19.8 Å². The van der Waals surface area contributed by atoms with Gasteiger partial charge < -0.3 is 0 Å². The molecule has 0 saturated heterocycles. The van der Waals surface area contributed by atoms with E-state index in [0.717, 1.165) is 5.56 Å². The second kappa shape index (κ2) is 6.43. The summed E-state index contributed by atoms with van der Waals surface area (Å²) in [5, 5.41) is 1.31. The molecular formula is C17H16Cl2O. The highest BCUT2D eigenvalue weighted by Gasteiger charge is 2.25. The molecule has 2 aromatic carbocycles. The molecule has 3 heteroatoms. The summed E-state index contributed by atoms with van der Waals surface area (Å²) in [4.78, 5) is 12.7. The minimum atomic E-state index is -0.173. The highest BCUT2D eigenvalue weighted by molar-refractivity contribution is 6.31. The van der Waals surface area contributed by atoms with Crippen LogP contribution in [-0.4, -0.2) is 5.78 Å². The van der Waals surface area contributed by atoms with Crippen LogP contribution in [0.15, 0.2) is 48.5 Å². The monoisotopic (exact) mass is 306 g/mol. The molecule has 0 aliphatic carbocycles. The molecule has 2 aromatic rings. The maximum absolute atomic E-state index is 12.7. The molecular weight excluding hydrogens is 291 g/mol. The standard InChI is InChI=1S/C17H16Cl2O/c1-11(2)16(12-3-7-14(18)8-4-12)17(20)13-5-9-15(19)10-6-13/h3-11,16H,1-2H3. The molecule has 0 aliphatic rings. The molecule has 0 amide bonds. The van der Waals surface area contributed by atoms with Crippen LogP contribution in [0.3, 0.4) is 0 Å². The predicted molar refractivity (Wildman–Crippen MR) is 84.8 cm³/mol. The first-order valence-electron chi connectivity index (χ1n) is 6.54. The normalized spacial score (nSPS) is 12.4. The molecule has 0 saturated carbocycles. The fourth-order valence-electron chi connectivity index (χ4n) is 2.30. The van der Waals surface area contributed by atoms with Crippen LogP contribution in [0.25, 0.3) is 0 Å². The third-order valence-corrected chi connectivity index (χ3v) is 3.81. The Morgan fingerprint density at radius 1 is 0.850 bits per heavy atom. The molecule has 0 N–H and O–H groups in total. The van der Waals surface area contributed by atoms with Crippen LogP contribution in [-0.2, 0) is 0 Å². The number of Topliss-reactive ketones (excluding diaryl/α,β-unsaturated/α-hetero) is 1. The van der Waals surface area contributed by atoms with E-state index in [1.165, 1.54) is 0 Å². The minimum Gasteiger partial charge on any atom is -0.293 e. The molecule has 1 nitrogen and oxygen atoms in total. The largest absolute Gasteiger partial charge is 0.293 e. The van der Waals surface area contributed by atoms with E-state index in [4.69, 9.17) is 23.2 Å². The number of carbonyl (C=O) groups is 1. The number of halogens is 2. The Balaban J connectivity index is 2.35. The van der Waals surface area contributed by atoms with Gasteiger partial charge in [0.2, 0.25) is 0 Å². The van der Waals surface area contributed by atoms with Crippen molar-refractivity contribution in [2.24, 2.45) is 5.92 Å². The van der Waals surface area contributed by atoms with Gasteiger partial charge in [-0.3, -0.25) is 4.79 Å². The molecule has 1 unspecified atom stereocenters. The molecule has 0 bridgehead atoms. The Morgan fingerprint density at radius 2 is 1.30 bits per heavy atom. The summed E-state index contributed by atoms with van der Waals surface area (Å²) in [5.41, 5.74) is 1.67. The lowest BCUT2D eigenvalue weighted by atomic mass is 9.82. The molecule has 20 heavy (non-hydrogen) atoms. The summed E-state index contributed by atoms with van der Waals surface area (Å²) in [7, 11) is 0.